The van der Waals surface area contributed by atoms with E-state index in [9.17, 15) is 0 Å². The molecule has 1 aromatic heterocycles. The van der Waals surface area contributed by atoms with E-state index in [-0.39, 0.29) is 0 Å². The Hall–Kier alpha value is -1.06. The van der Waals surface area contributed by atoms with Crippen LogP contribution in [-0.2, 0) is 0 Å². The Kier molecular flexibility index (Phi) is 3.92. The fourth-order valence-electron chi connectivity index (χ4n) is 0.711. The van der Waals surface area contributed by atoms with E-state index in [1.165, 1.54) is 23.1 Å². The maximum atomic E-state index is 8.82. The molecule has 0 N–H and O–H groups in total. The first-order chi connectivity index (χ1) is 6.67. The van der Waals surface area contributed by atoms with Crippen LogP contribution in [0.15, 0.2) is 9.33 Å². The van der Waals surface area contributed by atoms with Crippen LogP contribution in [0.3, 0.4) is 0 Å². The van der Waals surface area contributed by atoms with Crippen LogP contribution < -0.4 is 0 Å². The topological polar surface area (TPSA) is 52.3 Å². The van der Waals surface area contributed by atoms with Gasteiger partial charge < -0.3 is 4.90 Å². The van der Waals surface area contributed by atoms with Crippen LogP contribution in [-0.4, -0.2) is 36.6 Å². The normalized spacial score (nSPS) is 10.4. The van der Waals surface area contributed by atoms with Crippen molar-refractivity contribution in [2.45, 2.75) is 4.34 Å². The molecule has 0 unspecified atom stereocenters. The zero-order valence-electron chi connectivity index (χ0n) is 8.18. The largest absolute Gasteiger partial charge is 0.369 e. The molecule has 0 aliphatic rings. The van der Waals surface area contributed by atoms with E-state index in [0.29, 0.717) is 10.7 Å². The lowest BCUT2D eigenvalue weighted by atomic mass is 10.5. The minimum atomic E-state index is 0.510. The third kappa shape index (κ3) is 2.72. The molecule has 1 rings (SSSR count). The summed E-state index contributed by atoms with van der Waals surface area (Å²) in [6.07, 6.45) is 3.57. The number of hydrogen-bond donors (Lipinski definition) is 0. The zero-order chi connectivity index (χ0) is 10.6. The molecule has 6 heteroatoms. The molecule has 0 amide bonds. The number of rotatable bonds is 3. The quantitative estimate of drug-likeness (QED) is 0.449. The van der Waals surface area contributed by atoms with Gasteiger partial charge in [0.1, 0.15) is 6.07 Å². The van der Waals surface area contributed by atoms with Crippen molar-refractivity contribution in [1.82, 2.24) is 9.88 Å². The van der Waals surface area contributed by atoms with Gasteiger partial charge in [-0.1, -0.05) is 23.1 Å². The third-order valence-electron chi connectivity index (χ3n) is 1.28. The predicted molar refractivity (Wildman–Crippen MR) is 60.4 cm³/mol. The summed E-state index contributed by atoms with van der Waals surface area (Å²) in [6, 6.07) is 2.08. The standard InChI is InChI=1S/C8H10N4S2/c1-12(2)5-10-7-6(4-9)14-8(11-7)13-3/h5H,1-3H3. The Balaban J connectivity index is 2.96. The highest BCUT2D eigenvalue weighted by Gasteiger charge is 2.08. The third-order valence-corrected chi connectivity index (χ3v) is 3.21. The molecule has 0 aliphatic carbocycles. The van der Waals surface area contributed by atoms with E-state index in [4.69, 9.17) is 5.26 Å². The van der Waals surface area contributed by atoms with Crippen LogP contribution in [0.4, 0.5) is 5.82 Å². The molecule has 14 heavy (non-hydrogen) atoms. The molecule has 0 fully saturated rings. The van der Waals surface area contributed by atoms with Gasteiger partial charge in [0, 0.05) is 14.1 Å². The van der Waals surface area contributed by atoms with Crippen molar-refractivity contribution in [3.8, 4) is 6.07 Å². The van der Waals surface area contributed by atoms with Gasteiger partial charge in [-0.25, -0.2) is 9.98 Å². The summed E-state index contributed by atoms with van der Waals surface area (Å²) in [5.41, 5.74) is 0. The van der Waals surface area contributed by atoms with Crippen molar-refractivity contribution in [2.75, 3.05) is 20.4 Å². The molecule has 0 spiro atoms. The number of thiazole rings is 1. The Morgan fingerprint density at radius 3 is 2.86 bits per heavy atom. The summed E-state index contributed by atoms with van der Waals surface area (Å²) < 4.78 is 0.868. The summed E-state index contributed by atoms with van der Waals surface area (Å²) in [6.45, 7) is 0. The number of aromatic nitrogens is 1. The van der Waals surface area contributed by atoms with E-state index in [1.54, 1.807) is 11.2 Å². The van der Waals surface area contributed by atoms with Gasteiger partial charge in [-0.05, 0) is 6.26 Å². The van der Waals surface area contributed by atoms with Crippen molar-refractivity contribution >= 4 is 35.3 Å². The Morgan fingerprint density at radius 1 is 1.64 bits per heavy atom. The van der Waals surface area contributed by atoms with E-state index in [0.717, 1.165) is 4.34 Å². The summed E-state index contributed by atoms with van der Waals surface area (Å²) in [5.74, 6) is 0.510. The van der Waals surface area contributed by atoms with Crippen LogP contribution in [0, 0.1) is 11.3 Å². The fourth-order valence-corrected chi connectivity index (χ4v) is 2.01. The molecule has 0 atom stereocenters. The van der Waals surface area contributed by atoms with Crippen LogP contribution in [0.5, 0.6) is 0 Å². The number of aliphatic imine (C=N–C) groups is 1. The van der Waals surface area contributed by atoms with Crippen LogP contribution in [0.1, 0.15) is 4.88 Å². The van der Waals surface area contributed by atoms with Crippen molar-refractivity contribution < 1.29 is 0 Å². The number of hydrogen-bond acceptors (Lipinski definition) is 5. The summed E-state index contributed by atoms with van der Waals surface area (Å²) >= 11 is 2.89. The first-order valence-corrected chi connectivity index (χ1v) is 5.87. The Morgan fingerprint density at radius 2 is 2.36 bits per heavy atom. The van der Waals surface area contributed by atoms with Crippen LogP contribution >= 0.6 is 23.1 Å². The van der Waals surface area contributed by atoms with Gasteiger partial charge in [0.05, 0.1) is 6.34 Å². The highest BCUT2D eigenvalue weighted by Crippen LogP contribution is 2.29. The fraction of sp³-hybridized carbons (Fsp3) is 0.375. The van der Waals surface area contributed by atoms with E-state index in [1.807, 2.05) is 20.4 Å². The van der Waals surface area contributed by atoms with Gasteiger partial charge in [0.15, 0.2) is 15.0 Å². The molecule has 0 aromatic carbocycles. The molecule has 1 heterocycles. The lowest BCUT2D eigenvalue weighted by Gasteiger charge is -2.00. The van der Waals surface area contributed by atoms with Crippen LogP contribution in [0.2, 0.25) is 0 Å². The van der Waals surface area contributed by atoms with Gasteiger partial charge in [-0.15, -0.1) is 0 Å². The molecular weight excluding hydrogens is 216 g/mol. The SMILES string of the molecule is CSc1nc(N=CN(C)C)c(C#N)s1. The smallest absolute Gasteiger partial charge is 0.183 e. The Labute approximate surface area is 91.3 Å². The van der Waals surface area contributed by atoms with Gasteiger partial charge in [0.2, 0.25) is 0 Å². The second kappa shape index (κ2) is 4.98. The molecule has 4 nitrogen and oxygen atoms in total. The van der Waals surface area contributed by atoms with Gasteiger partial charge in [-0.2, -0.15) is 5.26 Å². The Bertz CT molecular complexity index is 375. The zero-order valence-corrected chi connectivity index (χ0v) is 9.82. The van der Waals surface area contributed by atoms with Crippen molar-refractivity contribution in [2.24, 2.45) is 4.99 Å². The average Bonchev–Trinajstić information content (AvgIpc) is 2.57. The van der Waals surface area contributed by atoms with Gasteiger partial charge in [0.25, 0.3) is 0 Å². The first-order valence-electron chi connectivity index (χ1n) is 3.83. The summed E-state index contributed by atoms with van der Waals surface area (Å²) in [4.78, 5) is 10.7. The summed E-state index contributed by atoms with van der Waals surface area (Å²) in [5, 5.41) is 8.82. The van der Waals surface area contributed by atoms with E-state index < -0.39 is 0 Å². The van der Waals surface area contributed by atoms with Crippen molar-refractivity contribution in [3.05, 3.63) is 4.88 Å². The number of nitriles is 1. The van der Waals surface area contributed by atoms with Crippen LogP contribution in [0.25, 0.3) is 0 Å². The lowest BCUT2D eigenvalue weighted by molar-refractivity contribution is 0.643. The molecule has 0 bridgehead atoms. The highest BCUT2D eigenvalue weighted by molar-refractivity contribution is 8.00. The number of thioether (sulfide) groups is 1. The maximum Gasteiger partial charge on any atom is 0.183 e. The van der Waals surface area contributed by atoms with Crippen molar-refractivity contribution in [3.63, 3.8) is 0 Å². The first kappa shape index (κ1) is 11.0. The minimum absolute atomic E-state index is 0.510. The minimum Gasteiger partial charge on any atom is -0.369 e. The average molecular weight is 226 g/mol. The van der Waals surface area contributed by atoms with Crippen molar-refractivity contribution in [1.29, 1.82) is 5.26 Å². The molecule has 0 saturated carbocycles. The second-order valence-electron chi connectivity index (χ2n) is 2.66. The molecular formula is C8H10N4S2. The van der Waals surface area contributed by atoms with Gasteiger partial charge >= 0.3 is 0 Å². The van der Waals surface area contributed by atoms with Gasteiger partial charge in [-0.3, -0.25) is 0 Å². The highest BCUT2D eigenvalue weighted by atomic mass is 32.2. The molecule has 1 aromatic rings. The summed E-state index contributed by atoms with van der Waals surface area (Å²) in [7, 11) is 3.74. The molecule has 0 radical (unpaired) electrons. The van der Waals surface area contributed by atoms with E-state index >= 15 is 0 Å². The molecule has 0 saturated heterocycles. The van der Waals surface area contributed by atoms with E-state index in [2.05, 4.69) is 16.0 Å². The molecule has 74 valence electrons. The predicted octanol–water partition coefficient (Wildman–Crippen LogP) is 1.96. The number of nitrogens with zero attached hydrogens (tertiary/aromatic N) is 4. The second-order valence-corrected chi connectivity index (χ2v) is 4.71. The molecule has 0 aliphatic heterocycles. The lowest BCUT2D eigenvalue weighted by Crippen LogP contribution is -2.07. The maximum absolute atomic E-state index is 8.82. The monoisotopic (exact) mass is 226 g/mol.